The summed E-state index contributed by atoms with van der Waals surface area (Å²) in [6.45, 7) is 0. The topological polar surface area (TPSA) is 52.4 Å². The standard InChI is InChI=1S/C13H7Cl2F2NO3/c14-6-7-2-1-3-8(15)13(7)21-12-5-9(16)11(18(19)20)4-10(12)17/h1-5H,6H2. The number of hydrogen-bond donors (Lipinski definition) is 0. The van der Waals surface area contributed by atoms with Crippen LogP contribution in [0.3, 0.4) is 0 Å². The summed E-state index contributed by atoms with van der Waals surface area (Å²) in [6, 6.07) is 5.76. The number of nitro groups is 1. The lowest BCUT2D eigenvalue weighted by atomic mass is 10.2. The Hall–Kier alpha value is -1.92. The van der Waals surface area contributed by atoms with Crippen LogP contribution in [0, 0.1) is 21.7 Å². The Morgan fingerprint density at radius 2 is 1.95 bits per heavy atom. The highest BCUT2D eigenvalue weighted by Crippen LogP contribution is 2.36. The zero-order chi connectivity index (χ0) is 15.6. The van der Waals surface area contributed by atoms with E-state index < -0.39 is 28.0 Å². The summed E-state index contributed by atoms with van der Waals surface area (Å²) in [5, 5.41) is 10.7. The average Bonchev–Trinajstić information content (AvgIpc) is 2.44. The van der Waals surface area contributed by atoms with Crippen LogP contribution in [0.1, 0.15) is 5.56 Å². The second-order valence-electron chi connectivity index (χ2n) is 3.95. The minimum atomic E-state index is -1.21. The van der Waals surface area contributed by atoms with E-state index in [0.717, 1.165) is 0 Å². The third-order valence-electron chi connectivity index (χ3n) is 2.60. The SMILES string of the molecule is O=[N+]([O-])c1cc(F)c(Oc2c(Cl)cccc2CCl)cc1F. The van der Waals surface area contributed by atoms with E-state index in [1.807, 2.05) is 0 Å². The predicted octanol–water partition coefficient (Wildman–Crippen LogP) is 5.06. The molecule has 0 radical (unpaired) electrons. The van der Waals surface area contributed by atoms with E-state index in [2.05, 4.69) is 0 Å². The number of alkyl halides is 1. The smallest absolute Gasteiger partial charge is 0.307 e. The molecule has 4 nitrogen and oxygen atoms in total. The molecule has 110 valence electrons. The molecule has 0 unspecified atom stereocenters. The maximum atomic E-state index is 13.8. The van der Waals surface area contributed by atoms with Gasteiger partial charge in [-0.2, -0.15) is 4.39 Å². The summed E-state index contributed by atoms with van der Waals surface area (Å²) in [5.41, 5.74) is -0.501. The van der Waals surface area contributed by atoms with Crippen molar-refractivity contribution in [2.75, 3.05) is 0 Å². The lowest BCUT2D eigenvalue weighted by molar-refractivity contribution is -0.387. The largest absolute Gasteiger partial charge is 0.452 e. The van der Waals surface area contributed by atoms with Gasteiger partial charge in [0.25, 0.3) is 0 Å². The first-order valence-corrected chi connectivity index (χ1v) is 6.50. The molecule has 0 heterocycles. The average molecular weight is 334 g/mol. The number of nitrogens with zero attached hydrogens (tertiary/aromatic N) is 1. The van der Waals surface area contributed by atoms with Gasteiger partial charge in [-0.15, -0.1) is 11.6 Å². The van der Waals surface area contributed by atoms with Crippen LogP contribution in [0.4, 0.5) is 14.5 Å². The molecule has 0 aliphatic rings. The van der Waals surface area contributed by atoms with Gasteiger partial charge in [-0.05, 0) is 6.07 Å². The number of hydrogen-bond acceptors (Lipinski definition) is 3. The minimum Gasteiger partial charge on any atom is -0.452 e. The maximum absolute atomic E-state index is 13.8. The fourth-order valence-electron chi connectivity index (χ4n) is 1.62. The van der Waals surface area contributed by atoms with Gasteiger partial charge in [0.15, 0.2) is 17.3 Å². The van der Waals surface area contributed by atoms with Crippen molar-refractivity contribution in [1.82, 2.24) is 0 Å². The van der Waals surface area contributed by atoms with Gasteiger partial charge in [-0.25, -0.2) is 4.39 Å². The Bertz CT molecular complexity index is 710. The molecule has 0 aliphatic heterocycles. The molecule has 0 aromatic heterocycles. The van der Waals surface area contributed by atoms with Gasteiger partial charge in [0.1, 0.15) is 0 Å². The van der Waals surface area contributed by atoms with Crippen molar-refractivity contribution in [3.8, 4) is 11.5 Å². The van der Waals surface area contributed by atoms with Crippen molar-refractivity contribution in [1.29, 1.82) is 0 Å². The highest BCUT2D eigenvalue weighted by Gasteiger charge is 2.21. The maximum Gasteiger partial charge on any atom is 0.307 e. The van der Waals surface area contributed by atoms with E-state index in [-0.39, 0.29) is 16.7 Å². The molecule has 0 N–H and O–H groups in total. The second-order valence-corrected chi connectivity index (χ2v) is 4.63. The van der Waals surface area contributed by atoms with Crippen LogP contribution in [0.5, 0.6) is 11.5 Å². The van der Waals surface area contributed by atoms with Crippen molar-refractivity contribution >= 4 is 28.9 Å². The molecule has 2 aromatic rings. The fraction of sp³-hybridized carbons (Fsp3) is 0.0769. The van der Waals surface area contributed by atoms with Crippen molar-refractivity contribution < 1.29 is 18.4 Å². The molecule has 2 aromatic carbocycles. The molecule has 0 amide bonds. The molecule has 0 bridgehead atoms. The van der Waals surface area contributed by atoms with Crippen LogP contribution >= 0.6 is 23.2 Å². The monoisotopic (exact) mass is 333 g/mol. The van der Waals surface area contributed by atoms with E-state index in [1.54, 1.807) is 12.1 Å². The Morgan fingerprint density at radius 3 is 2.57 bits per heavy atom. The number of para-hydroxylation sites is 1. The van der Waals surface area contributed by atoms with Gasteiger partial charge < -0.3 is 4.74 Å². The molecule has 0 aliphatic carbocycles. The van der Waals surface area contributed by atoms with E-state index in [9.17, 15) is 18.9 Å². The van der Waals surface area contributed by atoms with Gasteiger partial charge in [-0.1, -0.05) is 23.7 Å². The summed E-state index contributed by atoms with van der Waals surface area (Å²) < 4.78 is 32.5. The van der Waals surface area contributed by atoms with Gasteiger partial charge in [0.2, 0.25) is 5.82 Å². The van der Waals surface area contributed by atoms with E-state index in [0.29, 0.717) is 17.7 Å². The molecule has 0 atom stereocenters. The zero-order valence-corrected chi connectivity index (χ0v) is 11.8. The summed E-state index contributed by atoms with van der Waals surface area (Å²) >= 11 is 11.6. The highest BCUT2D eigenvalue weighted by molar-refractivity contribution is 6.32. The lowest BCUT2D eigenvalue weighted by Gasteiger charge is -2.12. The third kappa shape index (κ3) is 3.22. The van der Waals surface area contributed by atoms with Crippen molar-refractivity contribution in [2.24, 2.45) is 0 Å². The molecule has 2 rings (SSSR count). The molecule has 21 heavy (non-hydrogen) atoms. The fourth-order valence-corrected chi connectivity index (χ4v) is 2.06. The molecule has 0 fully saturated rings. The number of nitro benzene ring substituents is 1. The Labute approximate surface area is 128 Å². The summed E-state index contributed by atoms with van der Waals surface area (Å²) in [4.78, 5) is 9.49. The van der Waals surface area contributed by atoms with Crippen molar-refractivity contribution in [2.45, 2.75) is 5.88 Å². The summed E-state index contributed by atoms with van der Waals surface area (Å²) in [6.07, 6.45) is 0. The molecule has 0 saturated carbocycles. The minimum absolute atomic E-state index is 0.0486. The second kappa shape index (κ2) is 6.24. The predicted molar refractivity (Wildman–Crippen MR) is 74.1 cm³/mol. The molecule has 0 saturated heterocycles. The van der Waals surface area contributed by atoms with Gasteiger partial charge in [-0.3, -0.25) is 10.1 Å². The van der Waals surface area contributed by atoms with Gasteiger partial charge >= 0.3 is 5.69 Å². The number of benzene rings is 2. The highest BCUT2D eigenvalue weighted by atomic mass is 35.5. The molecular weight excluding hydrogens is 327 g/mol. The first-order valence-electron chi connectivity index (χ1n) is 5.58. The zero-order valence-electron chi connectivity index (χ0n) is 10.3. The van der Waals surface area contributed by atoms with Crippen molar-refractivity contribution in [3.05, 3.63) is 62.7 Å². The first-order chi connectivity index (χ1) is 9.93. The molecule has 8 heteroatoms. The number of halogens is 4. The Morgan fingerprint density at radius 1 is 1.24 bits per heavy atom. The van der Waals surface area contributed by atoms with E-state index in [4.69, 9.17) is 27.9 Å². The first kappa shape index (κ1) is 15.5. The van der Waals surface area contributed by atoms with Crippen LogP contribution in [0.2, 0.25) is 5.02 Å². The molecular formula is C13H7Cl2F2NO3. The van der Waals surface area contributed by atoms with Crippen LogP contribution in [0.15, 0.2) is 30.3 Å². The normalized spacial score (nSPS) is 10.5. The third-order valence-corrected chi connectivity index (χ3v) is 3.19. The Balaban J connectivity index is 2.46. The number of ether oxygens (including phenoxy) is 1. The Kier molecular flexibility index (Phi) is 4.59. The number of rotatable bonds is 4. The van der Waals surface area contributed by atoms with Crippen molar-refractivity contribution in [3.63, 3.8) is 0 Å². The van der Waals surface area contributed by atoms with Gasteiger partial charge in [0.05, 0.1) is 21.9 Å². The van der Waals surface area contributed by atoms with Crippen LogP contribution in [-0.4, -0.2) is 4.92 Å². The molecule has 0 spiro atoms. The van der Waals surface area contributed by atoms with Gasteiger partial charge in [0, 0.05) is 11.6 Å². The van der Waals surface area contributed by atoms with E-state index >= 15 is 0 Å². The van der Waals surface area contributed by atoms with Crippen LogP contribution in [-0.2, 0) is 5.88 Å². The lowest BCUT2D eigenvalue weighted by Crippen LogP contribution is -1.98. The van der Waals surface area contributed by atoms with Crippen LogP contribution < -0.4 is 4.74 Å². The summed E-state index contributed by atoms with van der Waals surface area (Å²) in [5.74, 6) is -2.69. The van der Waals surface area contributed by atoms with Crippen LogP contribution in [0.25, 0.3) is 0 Å². The quantitative estimate of drug-likeness (QED) is 0.446. The summed E-state index contributed by atoms with van der Waals surface area (Å²) in [7, 11) is 0. The van der Waals surface area contributed by atoms with E-state index in [1.165, 1.54) is 6.07 Å².